The third-order valence-electron chi connectivity index (χ3n) is 3.87. The lowest BCUT2D eigenvalue weighted by Crippen LogP contribution is -2.38. The van der Waals surface area contributed by atoms with Crippen molar-refractivity contribution in [3.63, 3.8) is 0 Å². The quantitative estimate of drug-likeness (QED) is 0.415. The van der Waals surface area contributed by atoms with Crippen molar-refractivity contribution in [2.45, 2.75) is 65.0 Å². The molecule has 0 aliphatic heterocycles. The zero-order chi connectivity index (χ0) is 17.7. The Kier molecular flexibility index (Phi) is 7.08. The van der Waals surface area contributed by atoms with E-state index in [1.165, 1.54) is 0 Å². The van der Waals surface area contributed by atoms with Crippen molar-refractivity contribution < 1.29 is 14.1 Å². The molecule has 0 radical (unpaired) electrons. The van der Waals surface area contributed by atoms with E-state index in [9.17, 15) is 9.35 Å². The van der Waals surface area contributed by atoms with Gasteiger partial charge in [0.1, 0.15) is 28.1 Å². The zero-order valence-electron chi connectivity index (χ0n) is 15.0. The van der Waals surface area contributed by atoms with Crippen LogP contribution in [0.5, 0.6) is 0 Å². The Morgan fingerprint density at radius 1 is 1.48 bits per heavy atom. The topological polar surface area (TPSA) is 61.7 Å². The summed E-state index contributed by atoms with van der Waals surface area (Å²) in [5.41, 5.74) is 1.09. The van der Waals surface area contributed by atoms with Crippen LogP contribution in [-0.2, 0) is 20.9 Å². The van der Waals surface area contributed by atoms with Gasteiger partial charge in [0, 0.05) is 0 Å². The average Bonchev–Trinajstić information content (AvgIpc) is 2.85. The summed E-state index contributed by atoms with van der Waals surface area (Å²) in [5.74, 6) is -0.281. The van der Waals surface area contributed by atoms with Crippen LogP contribution in [0.25, 0.3) is 0 Å². The summed E-state index contributed by atoms with van der Waals surface area (Å²) in [6.45, 7) is 13.4. The van der Waals surface area contributed by atoms with Gasteiger partial charge in [-0.15, -0.1) is 0 Å². The molecule has 2 atom stereocenters. The van der Waals surface area contributed by atoms with E-state index in [2.05, 4.69) is 11.0 Å². The minimum atomic E-state index is -1.37. The van der Waals surface area contributed by atoms with Crippen molar-refractivity contribution in [2.24, 2.45) is 9.81 Å². The van der Waals surface area contributed by atoms with E-state index < -0.39 is 21.5 Å². The molecule has 0 N–H and O–H groups in total. The first-order valence-electron chi connectivity index (χ1n) is 8.05. The molecule has 4 nitrogen and oxygen atoms in total. The summed E-state index contributed by atoms with van der Waals surface area (Å²) in [6.07, 6.45) is 6.39. The molecule has 0 bridgehead atoms. The van der Waals surface area contributed by atoms with Gasteiger partial charge in [-0.2, -0.15) is 0 Å². The van der Waals surface area contributed by atoms with Crippen molar-refractivity contribution >= 4 is 23.0 Å². The molecule has 23 heavy (non-hydrogen) atoms. The molecule has 0 heterocycles. The molecule has 130 valence electrons. The highest BCUT2D eigenvalue weighted by atomic mass is 32.2. The lowest BCUT2D eigenvalue weighted by atomic mass is 9.80. The van der Waals surface area contributed by atoms with Crippen molar-refractivity contribution in [1.82, 2.24) is 0 Å². The maximum absolute atomic E-state index is 12.7. The minimum absolute atomic E-state index is 0.186. The molecule has 0 aromatic rings. The van der Waals surface area contributed by atoms with E-state index in [0.717, 1.165) is 17.7 Å². The fourth-order valence-corrected chi connectivity index (χ4v) is 3.23. The fraction of sp³-hybridized carbons (Fsp3) is 0.667. The van der Waals surface area contributed by atoms with Crippen molar-refractivity contribution in [1.29, 1.82) is 0 Å². The van der Waals surface area contributed by atoms with E-state index in [1.807, 2.05) is 40.7 Å². The minimum Gasteiger partial charge on any atom is -0.591 e. The average molecular weight is 340 g/mol. The Morgan fingerprint density at radius 2 is 2.13 bits per heavy atom. The number of nitrogens with zero attached hydrogens (tertiary/aromatic N) is 1. The Morgan fingerprint density at radius 3 is 2.65 bits per heavy atom. The predicted molar refractivity (Wildman–Crippen MR) is 96.8 cm³/mol. The van der Waals surface area contributed by atoms with Gasteiger partial charge in [-0.1, -0.05) is 28.7 Å². The van der Waals surface area contributed by atoms with Crippen molar-refractivity contribution in [2.75, 3.05) is 6.61 Å². The number of hydrogen-bond acceptors (Lipinski definition) is 4. The molecule has 0 amide bonds. The molecule has 1 fully saturated rings. The molecule has 1 saturated carbocycles. The van der Waals surface area contributed by atoms with Crippen molar-refractivity contribution in [3.8, 4) is 0 Å². The number of allylic oxidation sites excluding steroid dienone is 2. The first-order valence-corrected chi connectivity index (χ1v) is 9.15. The number of esters is 1. The van der Waals surface area contributed by atoms with Gasteiger partial charge < -0.3 is 9.29 Å². The van der Waals surface area contributed by atoms with Gasteiger partial charge in [-0.3, -0.25) is 4.79 Å². The number of carbonyl (C=O) groups is 1. The third-order valence-corrected chi connectivity index (χ3v) is 5.30. The molecule has 1 unspecified atom stereocenters. The van der Waals surface area contributed by atoms with Gasteiger partial charge in [0.25, 0.3) is 0 Å². The summed E-state index contributed by atoms with van der Waals surface area (Å²) in [4.78, 5) is 12.7. The highest BCUT2D eigenvalue weighted by Gasteiger charge is 2.49. The van der Waals surface area contributed by atoms with Gasteiger partial charge in [-0.25, -0.2) is 0 Å². The molecule has 5 heteroatoms. The van der Waals surface area contributed by atoms with E-state index in [1.54, 1.807) is 6.08 Å². The first kappa shape index (κ1) is 20.0. The van der Waals surface area contributed by atoms with Crippen LogP contribution in [-0.4, -0.2) is 27.6 Å². The van der Waals surface area contributed by atoms with Crippen LogP contribution in [0.4, 0.5) is 0 Å². The summed E-state index contributed by atoms with van der Waals surface area (Å²) in [7, 11) is 0. The SMILES string of the molecule is C=CCOC(=O)[C@]1(CC=C(C)C)CCC/C1=N\[S+]([O-])C(C)(C)C. The zero-order valence-corrected chi connectivity index (χ0v) is 15.8. The molecule has 0 spiro atoms. The van der Waals surface area contributed by atoms with Crippen LogP contribution in [0, 0.1) is 5.41 Å². The largest absolute Gasteiger partial charge is 0.591 e. The Bertz CT molecular complexity index is 501. The molecule has 0 aromatic heterocycles. The van der Waals surface area contributed by atoms with Crippen LogP contribution in [0.15, 0.2) is 28.7 Å². The molecule has 1 aliphatic rings. The number of rotatable bonds is 6. The molecule has 1 rings (SSSR count). The molecular formula is C18H29NO3S. The number of carbonyl (C=O) groups excluding carboxylic acids is 1. The van der Waals surface area contributed by atoms with Crippen LogP contribution in [0.2, 0.25) is 0 Å². The van der Waals surface area contributed by atoms with E-state index in [-0.39, 0.29) is 12.6 Å². The summed E-state index contributed by atoms with van der Waals surface area (Å²) < 4.78 is 21.8. The van der Waals surface area contributed by atoms with Crippen LogP contribution < -0.4 is 0 Å². The van der Waals surface area contributed by atoms with Gasteiger partial charge in [0.15, 0.2) is 0 Å². The van der Waals surface area contributed by atoms with Crippen molar-refractivity contribution in [3.05, 3.63) is 24.3 Å². The Hall–Kier alpha value is -1.07. The molecule has 0 aromatic carbocycles. The van der Waals surface area contributed by atoms with Crippen LogP contribution in [0.1, 0.15) is 60.3 Å². The second kappa shape index (κ2) is 8.15. The highest BCUT2D eigenvalue weighted by molar-refractivity contribution is 7.91. The number of ether oxygens (including phenoxy) is 1. The molecular weight excluding hydrogens is 310 g/mol. The summed E-state index contributed by atoms with van der Waals surface area (Å²) in [5, 5.41) is 0. The van der Waals surface area contributed by atoms with E-state index in [4.69, 9.17) is 4.74 Å². The molecule has 1 aliphatic carbocycles. The first-order chi connectivity index (χ1) is 10.6. The maximum Gasteiger partial charge on any atom is 0.318 e. The highest BCUT2D eigenvalue weighted by Crippen LogP contribution is 2.42. The fourth-order valence-electron chi connectivity index (χ4n) is 2.49. The van der Waals surface area contributed by atoms with E-state index in [0.29, 0.717) is 19.3 Å². The second-order valence-electron chi connectivity index (χ2n) is 7.21. The van der Waals surface area contributed by atoms with Crippen LogP contribution in [0.3, 0.4) is 0 Å². The van der Waals surface area contributed by atoms with Gasteiger partial charge in [0.05, 0.1) is 5.71 Å². The van der Waals surface area contributed by atoms with Crippen LogP contribution >= 0.6 is 0 Å². The normalized spacial score (nSPS) is 24.3. The van der Waals surface area contributed by atoms with Gasteiger partial charge in [-0.05, 0) is 60.3 Å². The smallest absolute Gasteiger partial charge is 0.318 e. The van der Waals surface area contributed by atoms with E-state index >= 15 is 0 Å². The standard InChI is InChI=1S/C18H29NO3S/c1-7-13-22-16(20)18(12-10-14(2)3)11-8-9-15(18)19-23(21)17(4,5)6/h7,10H,1,8-9,11-13H2,2-6H3/b19-15+/t18-,23?/m0/s1. The Balaban J connectivity index is 3.19. The predicted octanol–water partition coefficient (Wildman–Crippen LogP) is 4.15. The lowest BCUT2D eigenvalue weighted by molar-refractivity contribution is -0.150. The summed E-state index contributed by atoms with van der Waals surface area (Å²) in [6, 6.07) is 0. The second-order valence-corrected chi connectivity index (χ2v) is 9.11. The molecule has 0 saturated heterocycles. The van der Waals surface area contributed by atoms with Gasteiger partial charge >= 0.3 is 5.97 Å². The summed E-state index contributed by atoms with van der Waals surface area (Å²) >= 11 is -1.37. The lowest BCUT2D eigenvalue weighted by Gasteiger charge is -2.27. The number of hydrogen-bond donors (Lipinski definition) is 0. The third kappa shape index (κ3) is 5.21. The monoisotopic (exact) mass is 339 g/mol. The van der Waals surface area contributed by atoms with Gasteiger partial charge in [0.2, 0.25) is 0 Å². The Labute approximate surface area is 143 Å². The maximum atomic E-state index is 12.7.